The standard InChI is InChI=1S/C22H16F6N6O4/c1-10-2-3-11(4-15(10)38-22(26,27)28)37-16-8-33(9-21(16,24)25)14-5-13(12-6-30-20(36)31-19(12)35)32-34-17(23)7-29-18(14)34/h2-7,16H,8-9H2,1H3,(H2,30,31,35,36)/t16-/m0/s1. The highest BCUT2D eigenvalue weighted by atomic mass is 19.4. The maximum absolute atomic E-state index is 15.0. The van der Waals surface area contributed by atoms with E-state index >= 15 is 8.78 Å². The van der Waals surface area contributed by atoms with Crippen LogP contribution in [0.5, 0.6) is 11.5 Å². The second-order valence-electron chi connectivity index (χ2n) is 8.44. The zero-order chi connectivity index (χ0) is 27.4. The maximum atomic E-state index is 15.0. The van der Waals surface area contributed by atoms with Gasteiger partial charge in [-0.15, -0.1) is 13.2 Å². The van der Waals surface area contributed by atoms with Gasteiger partial charge in [-0.1, -0.05) is 6.07 Å². The van der Waals surface area contributed by atoms with Crippen LogP contribution in [0.1, 0.15) is 5.56 Å². The molecule has 5 rings (SSSR count). The number of anilines is 1. The summed E-state index contributed by atoms with van der Waals surface area (Å²) >= 11 is 0. The molecule has 1 fully saturated rings. The number of benzene rings is 1. The van der Waals surface area contributed by atoms with E-state index in [2.05, 4.69) is 19.8 Å². The molecule has 0 amide bonds. The van der Waals surface area contributed by atoms with E-state index in [4.69, 9.17) is 4.74 Å². The Morgan fingerprint density at radius 2 is 1.95 bits per heavy atom. The summed E-state index contributed by atoms with van der Waals surface area (Å²) in [6, 6.07) is 4.54. The van der Waals surface area contributed by atoms with Gasteiger partial charge in [0.05, 0.1) is 30.5 Å². The number of aryl methyl sites for hydroxylation is 1. The Kier molecular flexibility index (Phi) is 5.83. The first-order valence-electron chi connectivity index (χ1n) is 10.8. The minimum absolute atomic E-state index is 0.0275. The largest absolute Gasteiger partial charge is 0.573 e. The average Bonchev–Trinajstić information content (AvgIpc) is 3.33. The predicted octanol–water partition coefficient (Wildman–Crippen LogP) is 3.02. The monoisotopic (exact) mass is 542 g/mol. The van der Waals surface area contributed by atoms with Crippen molar-refractivity contribution in [2.75, 3.05) is 18.0 Å². The predicted molar refractivity (Wildman–Crippen MR) is 119 cm³/mol. The molecular weight excluding hydrogens is 526 g/mol. The average molecular weight is 542 g/mol. The fraction of sp³-hybridized carbons (Fsp3) is 0.273. The van der Waals surface area contributed by atoms with Crippen LogP contribution < -0.4 is 25.6 Å². The first-order valence-corrected chi connectivity index (χ1v) is 10.8. The van der Waals surface area contributed by atoms with Crippen molar-refractivity contribution in [1.82, 2.24) is 24.6 Å². The third-order valence-electron chi connectivity index (χ3n) is 5.77. The third-order valence-corrected chi connectivity index (χ3v) is 5.77. The molecule has 0 saturated carbocycles. The number of rotatable bonds is 5. The van der Waals surface area contributed by atoms with Crippen molar-refractivity contribution in [2.24, 2.45) is 0 Å². The van der Waals surface area contributed by atoms with Gasteiger partial charge in [-0.05, 0) is 24.6 Å². The van der Waals surface area contributed by atoms with Gasteiger partial charge >= 0.3 is 18.0 Å². The molecule has 0 aliphatic carbocycles. The van der Waals surface area contributed by atoms with Crippen molar-refractivity contribution >= 4 is 11.3 Å². The molecule has 4 aromatic rings. The summed E-state index contributed by atoms with van der Waals surface area (Å²) < 4.78 is 92.5. The Balaban J connectivity index is 1.50. The highest BCUT2D eigenvalue weighted by Crippen LogP contribution is 2.38. The summed E-state index contributed by atoms with van der Waals surface area (Å²) in [4.78, 5) is 32.9. The topological polar surface area (TPSA) is 118 Å². The third kappa shape index (κ3) is 4.76. The van der Waals surface area contributed by atoms with Gasteiger partial charge in [-0.3, -0.25) is 9.78 Å². The highest BCUT2D eigenvalue weighted by molar-refractivity contribution is 5.75. The summed E-state index contributed by atoms with van der Waals surface area (Å²) in [5, 5.41) is 3.98. The molecule has 16 heteroatoms. The van der Waals surface area contributed by atoms with Gasteiger partial charge in [0.1, 0.15) is 17.2 Å². The van der Waals surface area contributed by atoms with Crippen LogP contribution >= 0.6 is 0 Å². The molecule has 38 heavy (non-hydrogen) atoms. The van der Waals surface area contributed by atoms with E-state index in [9.17, 15) is 27.2 Å². The van der Waals surface area contributed by atoms with Crippen LogP contribution in [0.3, 0.4) is 0 Å². The summed E-state index contributed by atoms with van der Waals surface area (Å²) in [6.07, 6.45) is -4.97. The summed E-state index contributed by atoms with van der Waals surface area (Å²) in [6.45, 7) is -0.0585. The number of aromatic amines is 2. The Morgan fingerprint density at radius 1 is 1.18 bits per heavy atom. The van der Waals surface area contributed by atoms with E-state index < -0.39 is 54.4 Å². The van der Waals surface area contributed by atoms with Crippen LogP contribution in [-0.4, -0.2) is 56.0 Å². The number of H-pyrrole nitrogens is 2. The zero-order valence-corrected chi connectivity index (χ0v) is 19.1. The number of hydrogen-bond donors (Lipinski definition) is 2. The molecule has 10 nitrogen and oxygen atoms in total. The second kappa shape index (κ2) is 8.81. The number of ether oxygens (including phenoxy) is 2. The number of fused-ring (bicyclic) bond motifs is 1. The van der Waals surface area contributed by atoms with Crippen LogP contribution in [0.25, 0.3) is 16.9 Å². The van der Waals surface area contributed by atoms with Gasteiger partial charge in [0.15, 0.2) is 11.8 Å². The molecular formula is C22H16F6N6O4. The Labute approximate surface area is 207 Å². The number of nitrogens with one attached hydrogen (secondary N) is 2. The molecule has 1 aliphatic heterocycles. The van der Waals surface area contributed by atoms with Crippen LogP contribution in [-0.2, 0) is 0 Å². The fourth-order valence-electron chi connectivity index (χ4n) is 4.00. The van der Waals surface area contributed by atoms with Crippen LogP contribution in [0.4, 0.5) is 32.0 Å². The number of alkyl halides is 5. The van der Waals surface area contributed by atoms with E-state index in [1.165, 1.54) is 25.1 Å². The lowest BCUT2D eigenvalue weighted by atomic mass is 10.2. The molecule has 1 aliphatic rings. The fourth-order valence-corrected chi connectivity index (χ4v) is 4.00. The number of hydrogen-bond acceptors (Lipinski definition) is 7. The number of imidazole rings is 1. The van der Waals surface area contributed by atoms with E-state index in [1.807, 2.05) is 4.98 Å². The van der Waals surface area contributed by atoms with Crippen LogP contribution in [0.15, 0.2) is 46.2 Å². The molecule has 200 valence electrons. The lowest BCUT2D eigenvalue weighted by Gasteiger charge is -2.20. The Morgan fingerprint density at radius 3 is 2.66 bits per heavy atom. The molecule has 2 N–H and O–H groups in total. The van der Waals surface area contributed by atoms with Gasteiger partial charge in [-0.2, -0.15) is 14.0 Å². The maximum Gasteiger partial charge on any atom is 0.573 e. The Bertz CT molecular complexity index is 1650. The van der Waals surface area contributed by atoms with Gasteiger partial charge in [0.25, 0.3) is 5.56 Å². The van der Waals surface area contributed by atoms with Crippen molar-refractivity contribution in [2.45, 2.75) is 25.3 Å². The lowest BCUT2D eigenvalue weighted by Crippen LogP contribution is -2.36. The first kappa shape index (κ1) is 25.2. The highest BCUT2D eigenvalue weighted by Gasteiger charge is 2.51. The normalized spacial score (nSPS) is 17.2. The van der Waals surface area contributed by atoms with Crippen molar-refractivity contribution in [3.05, 3.63) is 69.0 Å². The molecule has 3 aromatic heterocycles. The molecule has 0 unspecified atom stereocenters. The summed E-state index contributed by atoms with van der Waals surface area (Å²) in [5.41, 5.74) is -2.03. The quantitative estimate of drug-likeness (QED) is 0.373. The van der Waals surface area contributed by atoms with E-state index in [1.54, 1.807) is 0 Å². The molecule has 0 bridgehead atoms. The molecule has 1 atom stereocenters. The number of halogens is 6. The van der Waals surface area contributed by atoms with E-state index in [0.29, 0.717) is 4.52 Å². The van der Waals surface area contributed by atoms with Crippen LogP contribution in [0, 0.1) is 12.9 Å². The smallest absolute Gasteiger partial charge is 0.482 e. The number of nitrogens with zero attached hydrogens (tertiary/aromatic N) is 4. The number of aromatic nitrogens is 5. The summed E-state index contributed by atoms with van der Waals surface area (Å²) in [7, 11) is 0. The molecule has 0 spiro atoms. The van der Waals surface area contributed by atoms with Crippen molar-refractivity contribution < 1.29 is 35.8 Å². The summed E-state index contributed by atoms with van der Waals surface area (Å²) in [5.74, 6) is -5.34. The van der Waals surface area contributed by atoms with Crippen molar-refractivity contribution in [3.8, 4) is 22.8 Å². The van der Waals surface area contributed by atoms with Crippen LogP contribution in [0.2, 0.25) is 0 Å². The first-order chi connectivity index (χ1) is 17.8. The minimum Gasteiger partial charge on any atom is -0.482 e. The van der Waals surface area contributed by atoms with Crippen molar-refractivity contribution in [3.63, 3.8) is 0 Å². The molecule has 0 radical (unpaired) electrons. The SMILES string of the molecule is Cc1ccc(O[C@H]2CN(c3cc(-c4c[nH]c(=O)[nH]c4=O)nn4c(F)cnc34)CC2(F)F)cc1OC(F)(F)F. The Hall–Kier alpha value is -4.50. The van der Waals surface area contributed by atoms with E-state index in [-0.39, 0.29) is 33.9 Å². The van der Waals surface area contributed by atoms with Gasteiger partial charge < -0.3 is 19.4 Å². The van der Waals surface area contributed by atoms with E-state index in [0.717, 1.165) is 23.4 Å². The van der Waals surface area contributed by atoms with Gasteiger partial charge in [-0.25, -0.2) is 18.6 Å². The molecule has 1 aromatic carbocycles. The van der Waals surface area contributed by atoms with Gasteiger partial charge in [0.2, 0.25) is 5.95 Å². The zero-order valence-electron chi connectivity index (χ0n) is 19.1. The van der Waals surface area contributed by atoms with Crippen molar-refractivity contribution in [1.29, 1.82) is 0 Å². The molecule has 4 heterocycles. The second-order valence-corrected chi connectivity index (χ2v) is 8.44. The minimum atomic E-state index is -4.99. The van der Waals surface area contributed by atoms with Gasteiger partial charge in [0, 0.05) is 12.3 Å². The lowest BCUT2D eigenvalue weighted by molar-refractivity contribution is -0.274. The molecule has 1 saturated heterocycles.